The molecule has 0 aromatic rings. The zero-order valence-electron chi connectivity index (χ0n) is 6.62. The molecule has 0 aliphatic heterocycles. The second-order valence-electron chi connectivity index (χ2n) is 5.18. The Kier molecular flexibility index (Phi) is 0.479. The number of hydrogen-bond acceptors (Lipinski definition) is 0. The van der Waals surface area contributed by atoms with E-state index in [4.69, 9.17) is 0 Å². The molecule has 4 fully saturated rings. The standard InChI is InChI=1S/C10H14/c1-3-5-6(3)10-8-4(2)7(8)9(5)10/h3-10H,1-2H3. The summed E-state index contributed by atoms with van der Waals surface area (Å²) in [7, 11) is 0. The Hall–Kier alpha value is 0. The van der Waals surface area contributed by atoms with E-state index in [1.54, 1.807) is 0 Å². The third-order valence-corrected chi connectivity index (χ3v) is 5.26. The monoisotopic (exact) mass is 134 g/mol. The van der Waals surface area contributed by atoms with Crippen molar-refractivity contribution in [1.82, 2.24) is 0 Å². The minimum absolute atomic E-state index is 1.15. The largest absolute Gasteiger partial charge is 0.0619 e. The lowest BCUT2D eigenvalue weighted by Gasteiger charge is -2.44. The van der Waals surface area contributed by atoms with E-state index in [0.29, 0.717) is 0 Å². The van der Waals surface area contributed by atoms with Crippen molar-refractivity contribution < 1.29 is 0 Å². The Balaban J connectivity index is 1.72. The molecule has 0 aromatic heterocycles. The van der Waals surface area contributed by atoms with Crippen LogP contribution in [0.1, 0.15) is 13.8 Å². The Bertz CT molecular complexity index is 176. The van der Waals surface area contributed by atoms with Gasteiger partial charge in [0.2, 0.25) is 0 Å². The van der Waals surface area contributed by atoms with Crippen molar-refractivity contribution in [3.63, 3.8) is 0 Å². The fourth-order valence-corrected chi connectivity index (χ4v) is 4.73. The minimum atomic E-state index is 1.15. The number of rotatable bonds is 0. The molecule has 4 unspecified atom stereocenters. The van der Waals surface area contributed by atoms with Gasteiger partial charge < -0.3 is 0 Å². The number of hydrogen-bond donors (Lipinski definition) is 0. The van der Waals surface area contributed by atoms with Gasteiger partial charge in [-0.05, 0) is 47.3 Å². The van der Waals surface area contributed by atoms with Gasteiger partial charge in [0.25, 0.3) is 0 Å². The Morgan fingerprint density at radius 2 is 0.800 bits per heavy atom. The van der Waals surface area contributed by atoms with Gasteiger partial charge in [-0.25, -0.2) is 0 Å². The van der Waals surface area contributed by atoms with Gasteiger partial charge >= 0.3 is 0 Å². The molecule has 4 aliphatic carbocycles. The highest BCUT2D eigenvalue weighted by Gasteiger charge is 2.84. The zero-order chi connectivity index (χ0) is 6.62. The molecule has 4 saturated carbocycles. The molecule has 4 rings (SSSR count). The van der Waals surface area contributed by atoms with Crippen molar-refractivity contribution >= 4 is 0 Å². The summed E-state index contributed by atoms with van der Waals surface area (Å²) in [4.78, 5) is 0. The van der Waals surface area contributed by atoms with Crippen molar-refractivity contribution in [3.05, 3.63) is 0 Å². The third-order valence-electron chi connectivity index (χ3n) is 5.26. The van der Waals surface area contributed by atoms with Gasteiger partial charge in [-0.3, -0.25) is 0 Å². The van der Waals surface area contributed by atoms with Crippen LogP contribution in [0.4, 0.5) is 0 Å². The van der Waals surface area contributed by atoms with Crippen molar-refractivity contribution in [1.29, 1.82) is 0 Å². The van der Waals surface area contributed by atoms with E-state index in [0.717, 1.165) is 11.8 Å². The first-order valence-electron chi connectivity index (χ1n) is 4.82. The SMILES string of the molecule is CC1C2C1C1C3C(C)C3C21. The topological polar surface area (TPSA) is 0 Å². The van der Waals surface area contributed by atoms with Gasteiger partial charge in [-0.2, -0.15) is 0 Å². The maximum atomic E-state index is 2.47. The van der Waals surface area contributed by atoms with E-state index < -0.39 is 0 Å². The molecule has 0 amide bonds. The molecule has 0 heteroatoms. The Morgan fingerprint density at radius 3 is 1.10 bits per heavy atom. The van der Waals surface area contributed by atoms with Crippen molar-refractivity contribution in [3.8, 4) is 0 Å². The molecule has 0 bridgehead atoms. The maximum absolute atomic E-state index is 2.47. The molecule has 4 aliphatic rings. The lowest BCUT2D eigenvalue weighted by Crippen LogP contribution is -2.41. The van der Waals surface area contributed by atoms with Gasteiger partial charge in [-0.15, -0.1) is 0 Å². The highest BCUT2D eigenvalue weighted by atomic mass is 14.9. The highest BCUT2D eigenvalue weighted by Crippen LogP contribution is 2.87. The Morgan fingerprint density at radius 1 is 0.500 bits per heavy atom. The van der Waals surface area contributed by atoms with Crippen LogP contribution in [0.2, 0.25) is 0 Å². The van der Waals surface area contributed by atoms with Gasteiger partial charge in [0.15, 0.2) is 0 Å². The molecular weight excluding hydrogens is 120 g/mol. The first kappa shape index (κ1) is 4.79. The van der Waals surface area contributed by atoms with Crippen LogP contribution in [0.25, 0.3) is 0 Å². The first-order chi connectivity index (χ1) is 4.82. The quantitative estimate of drug-likeness (QED) is 0.475. The predicted octanol–water partition coefficient (Wildman–Crippen LogP) is 2.01. The van der Waals surface area contributed by atoms with E-state index in [9.17, 15) is 0 Å². The summed E-state index contributed by atoms with van der Waals surface area (Å²) in [6, 6.07) is 0. The average Bonchev–Trinajstić information content (AvgIpc) is 2.55. The summed E-state index contributed by atoms with van der Waals surface area (Å²) in [5.74, 6) is 9.73. The molecule has 0 N–H and O–H groups in total. The van der Waals surface area contributed by atoms with E-state index >= 15 is 0 Å². The van der Waals surface area contributed by atoms with Gasteiger partial charge in [0.1, 0.15) is 0 Å². The second kappa shape index (κ2) is 1.00. The molecule has 0 aromatic carbocycles. The van der Waals surface area contributed by atoms with Gasteiger partial charge in [0.05, 0.1) is 0 Å². The van der Waals surface area contributed by atoms with Crippen LogP contribution in [0.3, 0.4) is 0 Å². The van der Waals surface area contributed by atoms with E-state index in [1.807, 2.05) is 0 Å². The van der Waals surface area contributed by atoms with Crippen molar-refractivity contribution in [2.75, 3.05) is 0 Å². The van der Waals surface area contributed by atoms with Crippen LogP contribution in [-0.2, 0) is 0 Å². The summed E-state index contributed by atoms with van der Waals surface area (Å²) >= 11 is 0. The maximum Gasteiger partial charge on any atom is -0.0312 e. The summed E-state index contributed by atoms with van der Waals surface area (Å²) in [5, 5.41) is 0. The smallest absolute Gasteiger partial charge is 0.0312 e. The Labute approximate surface area is 62.0 Å². The molecule has 4 atom stereocenters. The van der Waals surface area contributed by atoms with E-state index in [1.165, 1.54) is 35.5 Å². The molecule has 10 heavy (non-hydrogen) atoms. The predicted molar refractivity (Wildman–Crippen MR) is 39.3 cm³/mol. The highest BCUT2D eigenvalue weighted by molar-refractivity contribution is 5.31. The molecule has 0 radical (unpaired) electrons. The lowest BCUT2D eigenvalue weighted by atomic mass is 9.60. The van der Waals surface area contributed by atoms with Crippen molar-refractivity contribution in [2.45, 2.75) is 13.8 Å². The van der Waals surface area contributed by atoms with E-state index in [2.05, 4.69) is 13.8 Å². The fourth-order valence-electron chi connectivity index (χ4n) is 4.73. The normalized spacial score (nSPS) is 87.0. The lowest BCUT2D eigenvalue weighted by molar-refractivity contribution is 0.0202. The summed E-state index contributed by atoms with van der Waals surface area (Å²) < 4.78 is 0. The molecule has 54 valence electrons. The first-order valence-corrected chi connectivity index (χ1v) is 4.82. The molecule has 0 saturated heterocycles. The molecule has 0 nitrogen and oxygen atoms in total. The molecule has 0 spiro atoms. The number of fused-ring (bicyclic) bond motifs is 7. The molecular formula is C10H14. The minimum Gasteiger partial charge on any atom is -0.0619 e. The van der Waals surface area contributed by atoms with E-state index in [-0.39, 0.29) is 0 Å². The van der Waals surface area contributed by atoms with Gasteiger partial charge in [-0.1, -0.05) is 13.8 Å². The fraction of sp³-hybridized carbons (Fsp3) is 1.00. The van der Waals surface area contributed by atoms with Crippen molar-refractivity contribution in [2.24, 2.45) is 47.3 Å². The second-order valence-corrected chi connectivity index (χ2v) is 5.18. The third kappa shape index (κ3) is 0.245. The molecule has 0 heterocycles. The summed E-state index contributed by atoms with van der Waals surface area (Å²) in [5.41, 5.74) is 0. The van der Waals surface area contributed by atoms with Crippen LogP contribution in [0, 0.1) is 47.3 Å². The van der Waals surface area contributed by atoms with Crippen LogP contribution in [0.15, 0.2) is 0 Å². The van der Waals surface area contributed by atoms with Crippen LogP contribution < -0.4 is 0 Å². The van der Waals surface area contributed by atoms with Crippen LogP contribution in [-0.4, -0.2) is 0 Å². The van der Waals surface area contributed by atoms with Crippen LogP contribution in [0.5, 0.6) is 0 Å². The summed E-state index contributed by atoms with van der Waals surface area (Å²) in [6.45, 7) is 4.94. The zero-order valence-corrected chi connectivity index (χ0v) is 6.62. The van der Waals surface area contributed by atoms with Gasteiger partial charge in [0, 0.05) is 0 Å². The average molecular weight is 134 g/mol. The van der Waals surface area contributed by atoms with Crippen LogP contribution >= 0.6 is 0 Å². The summed E-state index contributed by atoms with van der Waals surface area (Å²) in [6.07, 6.45) is 0.